The molecule has 2 amide bonds. The van der Waals surface area contributed by atoms with Gasteiger partial charge in [-0.2, -0.15) is 0 Å². The molecule has 170 valence electrons. The second-order valence-electron chi connectivity index (χ2n) is 9.22. The average Bonchev–Trinajstić information content (AvgIpc) is 3.26. The number of aryl methyl sites for hydroxylation is 1. The van der Waals surface area contributed by atoms with Crippen molar-refractivity contribution < 1.29 is 14.3 Å². The molecule has 3 heterocycles. The predicted molar refractivity (Wildman–Crippen MR) is 123 cm³/mol. The SMILES string of the molecule is COc1ccc(CC(=O)N2CCC(c3nc(C)c4c(n3)N(CC(C)C)C(=O)CC4)C2)cc1. The molecule has 7 nitrogen and oxygen atoms in total. The minimum absolute atomic E-state index is 0.0942. The van der Waals surface area contributed by atoms with E-state index in [1.807, 2.05) is 41.0 Å². The van der Waals surface area contributed by atoms with E-state index in [1.54, 1.807) is 7.11 Å². The molecule has 1 unspecified atom stereocenters. The number of fused-ring (bicyclic) bond motifs is 1. The highest BCUT2D eigenvalue weighted by Gasteiger charge is 2.33. The van der Waals surface area contributed by atoms with E-state index in [4.69, 9.17) is 14.7 Å². The van der Waals surface area contributed by atoms with Crippen LogP contribution in [0.15, 0.2) is 24.3 Å². The van der Waals surface area contributed by atoms with Crippen LogP contribution in [0.2, 0.25) is 0 Å². The van der Waals surface area contributed by atoms with Gasteiger partial charge in [0, 0.05) is 43.2 Å². The summed E-state index contributed by atoms with van der Waals surface area (Å²) in [6.07, 6.45) is 2.43. The summed E-state index contributed by atoms with van der Waals surface area (Å²) in [5.41, 5.74) is 3.01. The number of hydrogen-bond donors (Lipinski definition) is 0. The van der Waals surface area contributed by atoms with Crippen LogP contribution in [0.1, 0.15) is 55.3 Å². The maximum Gasteiger partial charge on any atom is 0.228 e. The van der Waals surface area contributed by atoms with Gasteiger partial charge in [-0.3, -0.25) is 14.5 Å². The first kappa shape index (κ1) is 22.2. The fraction of sp³-hybridized carbons (Fsp3) is 0.520. The van der Waals surface area contributed by atoms with Crippen LogP contribution >= 0.6 is 0 Å². The van der Waals surface area contributed by atoms with E-state index >= 15 is 0 Å². The average molecular weight is 437 g/mol. The fourth-order valence-corrected chi connectivity index (χ4v) is 4.57. The molecule has 0 saturated carbocycles. The largest absolute Gasteiger partial charge is 0.497 e. The second kappa shape index (κ2) is 9.27. The lowest BCUT2D eigenvalue weighted by atomic mass is 10.0. The fourth-order valence-electron chi connectivity index (χ4n) is 4.57. The Labute approximate surface area is 189 Å². The Hall–Kier alpha value is -2.96. The third-order valence-electron chi connectivity index (χ3n) is 6.32. The first-order valence-corrected chi connectivity index (χ1v) is 11.4. The van der Waals surface area contributed by atoms with Crippen LogP contribution in [0.25, 0.3) is 0 Å². The van der Waals surface area contributed by atoms with Crippen molar-refractivity contribution in [3.8, 4) is 5.75 Å². The van der Waals surface area contributed by atoms with Gasteiger partial charge in [0.15, 0.2) is 0 Å². The van der Waals surface area contributed by atoms with Crippen LogP contribution in [0.5, 0.6) is 5.75 Å². The summed E-state index contributed by atoms with van der Waals surface area (Å²) in [5, 5.41) is 0. The first-order chi connectivity index (χ1) is 15.4. The zero-order valence-electron chi connectivity index (χ0n) is 19.4. The molecule has 2 aliphatic heterocycles. The first-order valence-electron chi connectivity index (χ1n) is 11.4. The lowest BCUT2D eigenvalue weighted by Gasteiger charge is -2.31. The van der Waals surface area contributed by atoms with Gasteiger partial charge in [-0.25, -0.2) is 9.97 Å². The van der Waals surface area contributed by atoms with E-state index in [2.05, 4.69) is 13.8 Å². The van der Waals surface area contributed by atoms with E-state index in [1.165, 1.54) is 0 Å². The van der Waals surface area contributed by atoms with E-state index in [-0.39, 0.29) is 17.7 Å². The number of methoxy groups -OCH3 is 1. The summed E-state index contributed by atoms with van der Waals surface area (Å²) < 4.78 is 5.19. The van der Waals surface area contributed by atoms with Gasteiger partial charge in [0.05, 0.1) is 13.5 Å². The van der Waals surface area contributed by atoms with Gasteiger partial charge in [0.1, 0.15) is 17.4 Å². The molecule has 0 spiro atoms. The highest BCUT2D eigenvalue weighted by atomic mass is 16.5. The number of carbonyl (C=O) groups is 2. The second-order valence-corrected chi connectivity index (χ2v) is 9.22. The quantitative estimate of drug-likeness (QED) is 0.695. The number of likely N-dealkylation sites (tertiary alicyclic amines) is 1. The topological polar surface area (TPSA) is 75.6 Å². The minimum Gasteiger partial charge on any atom is -0.497 e. The Bertz CT molecular complexity index is 1000. The molecular formula is C25H32N4O3. The van der Waals surface area contributed by atoms with Gasteiger partial charge in [-0.1, -0.05) is 26.0 Å². The summed E-state index contributed by atoms with van der Waals surface area (Å²) in [7, 11) is 1.63. The van der Waals surface area contributed by atoms with Crippen molar-refractivity contribution in [1.29, 1.82) is 0 Å². The third kappa shape index (κ3) is 4.61. The number of anilines is 1. The molecule has 2 aromatic rings. The molecule has 1 saturated heterocycles. The van der Waals surface area contributed by atoms with E-state index < -0.39 is 0 Å². The van der Waals surface area contributed by atoms with E-state index in [0.29, 0.717) is 44.8 Å². The number of benzene rings is 1. The maximum atomic E-state index is 12.9. The van der Waals surface area contributed by atoms with Crippen LogP contribution in [-0.4, -0.2) is 53.4 Å². The molecule has 32 heavy (non-hydrogen) atoms. The summed E-state index contributed by atoms with van der Waals surface area (Å²) >= 11 is 0. The van der Waals surface area contributed by atoms with E-state index in [9.17, 15) is 9.59 Å². The third-order valence-corrected chi connectivity index (χ3v) is 6.32. The molecule has 0 N–H and O–H groups in total. The molecule has 1 fully saturated rings. The van der Waals surface area contributed by atoms with Gasteiger partial charge >= 0.3 is 0 Å². The van der Waals surface area contributed by atoms with Crippen LogP contribution in [-0.2, 0) is 22.4 Å². The molecule has 1 aromatic heterocycles. The minimum atomic E-state index is 0.0942. The van der Waals surface area contributed by atoms with Crippen molar-refractivity contribution in [2.24, 2.45) is 5.92 Å². The molecule has 0 aliphatic carbocycles. The lowest BCUT2D eigenvalue weighted by molar-refractivity contribution is -0.129. The Balaban J connectivity index is 1.49. The number of amides is 2. The Morgan fingerprint density at radius 3 is 2.62 bits per heavy atom. The van der Waals surface area contributed by atoms with Crippen LogP contribution < -0.4 is 9.64 Å². The van der Waals surface area contributed by atoms with Gasteiger partial charge in [0.25, 0.3) is 0 Å². The van der Waals surface area contributed by atoms with Crippen molar-refractivity contribution >= 4 is 17.6 Å². The molecule has 2 aliphatic rings. The van der Waals surface area contributed by atoms with Gasteiger partial charge < -0.3 is 9.64 Å². The molecule has 1 atom stereocenters. The van der Waals surface area contributed by atoms with Crippen molar-refractivity contribution in [2.45, 2.75) is 52.4 Å². The van der Waals surface area contributed by atoms with Gasteiger partial charge in [-0.05, 0) is 43.4 Å². The smallest absolute Gasteiger partial charge is 0.228 e. The highest BCUT2D eigenvalue weighted by molar-refractivity contribution is 5.95. The number of carbonyl (C=O) groups excluding carboxylic acids is 2. The van der Waals surface area contributed by atoms with Crippen LogP contribution in [0.4, 0.5) is 5.82 Å². The normalized spacial score (nSPS) is 18.3. The van der Waals surface area contributed by atoms with Crippen molar-refractivity contribution in [3.63, 3.8) is 0 Å². The Morgan fingerprint density at radius 1 is 1.19 bits per heavy atom. The number of hydrogen-bond acceptors (Lipinski definition) is 5. The van der Waals surface area contributed by atoms with Crippen molar-refractivity contribution in [2.75, 3.05) is 31.6 Å². The van der Waals surface area contributed by atoms with Crippen molar-refractivity contribution in [1.82, 2.24) is 14.9 Å². The summed E-state index contributed by atoms with van der Waals surface area (Å²) in [5.74, 6) is 3.03. The van der Waals surface area contributed by atoms with Gasteiger partial charge in [-0.15, -0.1) is 0 Å². The van der Waals surface area contributed by atoms with Crippen molar-refractivity contribution in [3.05, 3.63) is 46.9 Å². The predicted octanol–water partition coefficient (Wildman–Crippen LogP) is 3.29. The van der Waals surface area contributed by atoms with Crippen LogP contribution in [0, 0.1) is 12.8 Å². The number of nitrogens with zero attached hydrogens (tertiary/aromatic N) is 4. The standard InChI is InChI=1S/C25H32N4O3/c1-16(2)14-29-22(30)10-9-21-17(3)26-24(27-25(21)29)19-11-12-28(15-19)23(31)13-18-5-7-20(32-4)8-6-18/h5-8,16,19H,9-15H2,1-4H3. The molecule has 1 aromatic carbocycles. The van der Waals surface area contributed by atoms with E-state index in [0.717, 1.165) is 40.6 Å². The monoisotopic (exact) mass is 436 g/mol. The molecule has 0 radical (unpaired) electrons. The summed E-state index contributed by atoms with van der Waals surface area (Å²) in [6, 6.07) is 7.62. The zero-order valence-corrected chi connectivity index (χ0v) is 19.4. The van der Waals surface area contributed by atoms with Crippen LogP contribution in [0.3, 0.4) is 0 Å². The zero-order chi connectivity index (χ0) is 22.8. The number of rotatable bonds is 6. The van der Waals surface area contributed by atoms with Gasteiger partial charge in [0.2, 0.25) is 11.8 Å². The molecule has 7 heteroatoms. The Kier molecular flexibility index (Phi) is 6.44. The number of ether oxygens (including phenoxy) is 1. The molecule has 0 bridgehead atoms. The maximum absolute atomic E-state index is 12.9. The highest BCUT2D eigenvalue weighted by Crippen LogP contribution is 2.32. The number of aromatic nitrogens is 2. The lowest BCUT2D eigenvalue weighted by Crippen LogP contribution is -2.39. The summed E-state index contributed by atoms with van der Waals surface area (Å²) in [4.78, 5) is 38.9. The molecular weight excluding hydrogens is 404 g/mol. The summed E-state index contributed by atoms with van der Waals surface area (Å²) in [6.45, 7) is 8.21. The Morgan fingerprint density at radius 2 is 1.94 bits per heavy atom. The molecule has 4 rings (SSSR count).